The van der Waals surface area contributed by atoms with Gasteiger partial charge in [0.15, 0.2) is 0 Å². The van der Waals surface area contributed by atoms with Crippen LogP contribution in [0.2, 0.25) is 0 Å². The van der Waals surface area contributed by atoms with Crippen LogP contribution in [0.1, 0.15) is 58.6 Å². The van der Waals surface area contributed by atoms with Gasteiger partial charge in [0.1, 0.15) is 23.5 Å². The van der Waals surface area contributed by atoms with Gasteiger partial charge in [-0.15, -0.1) is 0 Å². The summed E-state index contributed by atoms with van der Waals surface area (Å²) in [6.07, 6.45) is 1.01. The number of fused-ring (bicyclic) bond motifs is 1. The molecule has 5 rings (SSSR count). The van der Waals surface area contributed by atoms with Crippen molar-refractivity contribution in [2.75, 3.05) is 13.1 Å². The van der Waals surface area contributed by atoms with Crippen LogP contribution in [0.4, 0.5) is 13.2 Å². The zero-order chi connectivity index (χ0) is 26.5. The average molecular weight is 536 g/mol. The van der Waals surface area contributed by atoms with Crippen molar-refractivity contribution in [3.05, 3.63) is 70.0 Å². The summed E-state index contributed by atoms with van der Waals surface area (Å²) in [6, 6.07) is 4.30. The summed E-state index contributed by atoms with van der Waals surface area (Å²) in [6.45, 7) is 0.349. The number of carbonyl (C=O) groups is 3. The maximum absolute atomic E-state index is 14.6. The number of halogens is 3. The number of sulfonamides is 1. The smallest absolute Gasteiger partial charge is 0.255 e. The summed E-state index contributed by atoms with van der Waals surface area (Å²) in [5, 5.41) is 2.24. The lowest BCUT2D eigenvalue weighted by Gasteiger charge is -2.32. The molecule has 0 aliphatic carbocycles. The van der Waals surface area contributed by atoms with E-state index in [1.807, 2.05) is 0 Å². The predicted molar refractivity (Wildman–Crippen MR) is 125 cm³/mol. The Kier molecular flexibility index (Phi) is 6.57. The molecular weight excluding hydrogens is 511 g/mol. The van der Waals surface area contributed by atoms with E-state index in [2.05, 4.69) is 5.32 Å². The molecule has 196 valence electrons. The quantitative estimate of drug-likeness (QED) is 0.593. The highest BCUT2D eigenvalue weighted by atomic mass is 32.2. The van der Waals surface area contributed by atoms with Crippen LogP contribution in [-0.2, 0) is 31.9 Å². The normalized spacial score (nSPS) is 21.3. The summed E-state index contributed by atoms with van der Waals surface area (Å²) < 4.78 is 68.6. The summed E-state index contributed by atoms with van der Waals surface area (Å²) in [5.41, 5.74) is 1.38. The van der Waals surface area contributed by atoms with E-state index in [0.717, 1.165) is 18.2 Å². The Morgan fingerprint density at radius 1 is 0.892 bits per heavy atom. The van der Waals surface area contributed by atoms with E-state index in [4.69, 9.17) is 0 Å². The molecule has 0 bridgehead atoms. The molecular formula is C25H24F3N3O5S. The largest absolute Gasteiger partial charge is 0.322 e. The van der Waals surface area contributed by atoms with Crippen molar-refractivity contribution in [1.82, 2.24) is 14.5 Å². The van der Waals surface area contributed by atoms with Gasteiger partial charge in [-0.05, 0) is 66.1 Å². The highest BCUT2D eigenvalue weighted by Gasteiger charge is 2.41. The molecule has 37 heavy (non-hydrogen) atoms. The van der Waals surface area contributed by atoms with E-state index in [1.165, 1.54) is 15.3 Å². The maximum Gasteiger partial charge on any atom is 0.255 e. The Hall–Kier alpha value is -3.25. The Morgan fingerprint density at radius 2 is 1.54 bits per heavy atom. The van der Waals surface area contributed by atoms with Gasteiger partial charge in [-0.3, -0.25) is 19.7 Å². The third-order valence-electron chi connectivity index (χ3n) is 7.21. The number of hydrogen-bond donors (Lipinski definition) is 1. The van der Waals surface area contributed by atoms with E-state index in [-0.39, 0.29) is 49.5 Å². The third kappa shape index (κ3) is 4.99. The minimum absolute atomic E-state index is 0.00891. The molecule has 2 aromatic rings. The molecule has 0 saturated carbocycles. The molecule has 2 aromatic carbocycles. The molecule has 8 nitrogen and oxygen atoms in total. The van der Waals surface area contributed by atoms with Gasteiger partial charge in [0.25, 0.3) is 5.91 Å². The molecule has 3 heterocycles. The second kappa shape index (κ2) is 9.56. The fraction of sp³-hybridized carbons (Fsp3) is 0.400. The minimum atomic E-state index is -3.85. The molecule has 1 N–H and O–H groups in total. The van der Waals surface area contributed by atoms with Crippen molar-refractivity contribution in [3.8, 4) is 0 Å². The number of benzene rings is 2. The lowest BCUT2D eigenvalue weighted by Crippen LogP contribution is -2.52. The van der Waals surface area contributed by atoms with E-state index < -0.39 is 57.0 Å². The van der Waals surface area contributed by atoms with Gasteiger partial charge in [-0.1, -0.05) is 0 Å². The van der Waals surface area contributed by atoms with Crippen LogP contribution in [0.25, 0.3) is 0 Å². The molecule has 1 atom stereocenters. The van der Waals surface area contributed by atoms with Crippen molar-refractivity contribution in [2.24, 2.45) is 0 Å². The first kappa shape index (κ1) is 25.4. The van der Waals surface area contributed by atoms with Gasteiger partial charge in [-0.2, -0.15) is 0 Å². The number of hydrogen-bond acceptors (Lipinski definition) is 5. The van der Waals surface area contributed by atoms with Crippen LogP contribution < -0.4 is 5.32 Å². The number of nitrogens with one attached hydrogen (secondary N) is 1. The molecule has 1 unspecified atom stereocenters. The van der Waals surface area contributed by atoms with Crippen molar-refractivity contribution in [2.45, 2.75) is 49.9 Å². The monoisotopic (exact) mass is 535 g/mol. The zero-order valence-electron chi connectivity index (χ0n) is 19.7. The number of nitrogens with zero attached hydrogens (tertiary/aromatic N) is 2. The molecule has 3 aliphatic heterocycles. The molecule has 0 aromatic heterocycles. The zero-order valence-corrected chi connectivity index (χ0v) is 20.5. The van der Waals surface area contributed by atoms with Crippen LogP contribution in [0, 0.1) is 17.5 Å². The van der Waals surface area contributed by atoms with Crippen molar-refractivity contribution in [1.29, 1.82) is 0 Å². The number of piperidine rings is 2. The topological polar surface area (TPSA) is 104 Å². The van der Waals surface area contributed by atoms with E-state index >= 15 is 0 Å². The fourth-order valence-electron chi connectivity index (χ4n) is 5.46. The molecule has 2 saturated heterocycles. The van der Waals surface area contributed by atoms with Crippen LogP contribution in [0.5, 0.6) is 0 Å². The van der Waals surface area contributed by atoms with Gasteiger partial charge >= 0.3 is 0 Å². The predicted octanol–water partition coefficient (Wildman–Crippen LogP) is 2.57. The Morgan fingerprint density at radius 3 is 2.19 bits per heavy atom. The second-order valence-electron chi connectivity index (χ2n) is 9.63. The maximum atomic E-state index is 14.6. The first-order valence-corrected chi connectivity index (χ1v) is 13.5. The number of rotatable bonds is 5. The van der Waals surface area contributed by atoms with Gasteiger partial charge < -0.3 is 4.90 Å². The fourth-order valence-corrected chi connectivity index (χ4v) is 7.00. The highest BCUT2D eigenvalue weighted by molar-refractivity contribution is 7.88. The van der Waals surface area contributed by atoms with Crippen LogP contribution in [0.15, 0.2) is 30.3 Å². The van der Waals surface area contributed by atoms with Crippen LogP contribution in [-0.4, -0.2) is 54.5 Å². The average Bonchev–Trinajstić information content (AvgIpc) is 3.14. The Balaban J connectivity index is 1.32. The van der Waals surface area contributed by atoms with Crippen molar-refractivity contribution >= 4 is 27.7 Å². The summed E-state index contributed by atoms with van der Waals surface area (Å²) >= 11 is 0. The second-order valence-corrected chi connectivity index (χ2v) is 11.6. The van der Waals surface area contributed by atoms with E-state index in [0.29, 0.717) is 30.0 Å². The SMILES string of the molecule is O=C1CCC(N2Cc3c(cc(F)cc3C3CCN(S(=O)(=O)Cc4cc(F)cc(F)c4)CC3)C2=O)C(=O)N1. The summed E-state index contributed by atoms with van der Waals surface area (Å²) in [4.78, 5) is 38.3. The molecule has 3 aliphatic rings. The minimum Gasteiger partial charge on any atom is -0.322 e. The standard InChI is InChI=1S/C25H24F3N3O5S/c26-16-7-14(8-17(27)9-16)13-37(35,36)30-5-3-15(4-6-30)19-10-18(28)11-20-21(19)12-31(25(20)34)22-1-2-23(32)29-24(22)33/h7-11,15,22H,1-6,12-13H2,(H,29,32,33). The first-order chi connectivity index (χ1) is 17.5. The van der Waals surface area contributed by atoms with Crippen LogP contribution >= 0.6 is 0 Å². The van der Waals surface area contributed by atoms with Gasteiger partial charge in [0, 0.05) is 37.7 Å². The van der Waals surface area contributed by atoms with Gasteiger partial charge in [0.2, 0.25) is 21.8 Å². The highest BCUT2D eigenvalue weighted by Crippen LogP contribution is 2.38. The third-order valence-corrected chi connectivity index (χ3v) is 9.06. The molecule has 2 fully saturated rings. The van der Waals surface area contributed by atoms with Gasteiger partial charge in [-0.25, -0.2) is 25.9 Å². The summed E-state index contributed by atoms with van der Waals surface area (Å²) in [7, 11) is -3.85. The number of carbonyl (C=O) groups excluding carboxylic acids is 3. The van der Waals surface area contributed by atoms with Gasteiger partial charge in [0.05, 0.1) is 5.75 Å². The van der Waals surface area contributed by atoms with E-state index in [1.54, 1.807) is 0 Å². The first-order valence-electron chi connectivity index (χ1n) is 11.9. The number of amides is 3. The lowest BCUT2D eigenvalue weighted by molar-refractivity contribution is -0.136. The Labute approximate surface area is 211 Å². The lowest BCUT2D eigenvalue weighted by atomic mass is 9.86. The molecule has 0 spiro atoms. The molecule has 12 heteroatoms. The number of imide groups is 1. The van der Waals surface area contributed by atoms with Crippen molar-refractivity contribution in [3.63, 3.8) is 0 Å². The van der Waals surface area contributed by atoms with Crippen LogP contribution in [0.3, 0.4) is 0 Å². The van der Waals surface area contributed by atoms with Crippen molar-refractivity contribution < 1.29 is 36.0 Å². The summed E-state index contributed by atoms with van der Waals surface area (Å²) in [5.74, 6) is -4.52. The Bertz CT molecular complexity index is 1390. The molecule has 0 radical (unpaired) electrons. The van der Waals surface area contributed by atoms with E-state index in [9.17, 15) is 36.0 Å². The molecule has 3 amide bonds.